The smallest absolute Gasteiger partial charge is 0.253 e. The third-order valence-electron chi connectivity index (χ3n) is 6.73. The molecule has 1 atom stereocenters. The zero-order valence-corrected chi connectivity index (χ0v) is 20.1. The summed E-state index contributed by atoms with van der Waals surface area (Å²) >= 11 is 3.41. The Hall–Kier alpha value is -2.18. The Balaban J connectivity index is 1.24. The molecule has 5 nitrogen and oxygen atoms in total. The van der Waals surface area contributed by atoms with Crippen LogP contribution in [0.4, 0.5) is 0 Å². The summed E-state index contributed by atoms with van der Waals surface area (Å²) in [6.45, 7) is 4.01. The predicted molar refractivity (Wildman–Crippen MR) is 130 cm³/mol. The number of nitrogens with zero attached hydrogens (tertiary/aromatic N) is 2. The summed E-state index contributed by atoms with van der Waals surface area (Å²) < 4.78 is 0.963. The highest BCUT2D eigenvalue weighted by Gasteiger charge is 2.29. The first-order valence-electron chi connectivity index (χ1n) is 11.7. The molecule has 1 unspecified atom stereocenters. The van der Waals surface area contributed by atoms with Gasteiger partial charge in [0.15, 0.2) is 0 Å². The normalized spacial score (nSPS) is 20.2. The zero-order valence-electron chi connectivity index (χ0n) is 18.5. The third-order valence-corrected chi connectivity index (χ3v) is 7.26. The first-order valence-corrected chi connectivity index (χ1v) is 12.5. The average Bonchev–Trinajstić information content (AvgIpc) is 2.84. The predicted octanol–water partition coefficient (Wildman–Crippen LogP) is 4.47. The minimum Gasteiger partial charge on any atom is -0.354 e. The number of amides is 2. The van der Waals surface area contributed by atoms with Gasteiger partial charge in [-0.05, 0) is 62.1 Å². The van der Waals surface area contributed by atoms with Crippen molar-refractivity contribution >= 4 is 27.7 Å². The molecule has 0 spiro atoms. The number of benzene rings is 2. The highest BCUT2D eigenvalue weighted by atomic mass is 79.9. The minimum absolute atomic E-state index is 0.00451. The Morgan fingerprint density at radius 1 is 0.906 bits per heavy atom. The van der Waals surface area contributed by atoms with E-state index in [1.807, 2.05) is 29.2 Å². The maximum absolute atomic E-state index is 12.9. The van der Waals surface area contributed by atoms with Crippen molar-refractivity contribution in [2.75, 3.05) is 26.2 Å². The van der Waals surface area contributed by atoms with Crippen molar-refractivity contribution in [1.29, 1.82) is 0 Å². The van der Waals surface area contributed by atoms with Crippen LogP contribution in [0.5, 0.6) is 0 Å². The van der Waals surface area contributed by atoms with Gasteiger partial charge in [0.25, 0.3) is 5.91 Å². The van der Waals surface area contributed by atoms with Crippen LogP contribution in [0.25, 0.3) is 0 Å². The van der Waals surface area contributed by atoms with Gasteiger partial charge >= 0.3 is 0 Å². The molecule has 0 radical (unpaired) electrons. The van der Waals surface area contributed by atoms with Gasteiger partial charge in [-0.15, -0.1) is 0 Å². The second kappa shape index (κ2) is 11.1. The number of hydrogen-bond acceptors (Lipinski definition) is 3. The summed E-state index contributed by atoms with van der Waals surface area (Å²) in [5, 5.41) is 3.23. The fraction of sp³-hybridized carbons (Fsp3) is 0.462. The van der Waals surface area contributed by atoms with Gasteiger partial charge in [-0.2, -0.15) is 0 Å². The van der Waals surface area contributed by atoms with Gasteiger partial charge in [0.05, 0.1) is 0 Å². The van der Waals surface area contributed by atoms with Crippen molar-refractivity contribution < 1.29 is 9.59 Å². The molecule has 2 heterocycles. The first-order chi connectivity index (χ1) is 15.6. The van der Waals surface area contributed by atoms with Crippen molar-refractivity contribution in [3.63, 3.8) is 0 Å². The molecule has 2 aromatic rings. The van der Waals surface area contributed by atoms with E-state index in [0.717, 1.165) is 36.8 Å². The molecular formula is C26H32BrN3O2. The highest BCUT2D eigenvalue weighted by molar-refractivity contribution is 9.10. The summed E-state index contributed by atoms with van der Waals surface area (Å²) in [7, 11) is 0. The Bertz CT molecular complexity index is 895. The Kier molecular flexibility index (Phi) is 7.98. The number of halogens is 1. The third kappa shape index (κ3) is 5.99. The number of hydrogen-bond donors (Lipinski definition) is 1. The monoisotopic (exact) mass is 497 g/mol. The molecule has 0 aromatic heterocycles. The number of piperidine rings is 2. The molecule has 0 saturated carbocycles. The lowest BCUT2D eigenvalue weighted by Gasteiger charge is -2.36. The number of carbonyl (C=O) groups is 2. The van der Waals surface area contributed by atoms with E-state index in [1.54, 1.807) is 0 Å². The molecule has 2 saturated heterocycles. The van der Waals surface area contributed by atoms with E-state index in [9.17, 15) is 9.59 Å². The van der Waals surface area contributed by atoms with Crippen LogP contribution in [0.2, 0.25) is 0 Å². The quantitative estimate of drug-likeness (QED) is 0.640. The van der Waals surface area contributed by atoms with Crippen LogP contribution in [0.3, 0.4) is 0 Å². The van der Waals surface area contributed by atoms with E-state index >= 15 is 0 Å². The molecule has 2 aliphatic heterocycles. The van der Waals surface area contributed by atoms with Gasteiger partial charge in [-0.3, -0.25) is 14.5 Å². The molecule has 32 heavy (non-hydrogen) atoms. The maximum Gasteiger partial charge on any atom is 0.253 e. The van der Waals surface area contributed by atoms with Crippen LogP contribution >= 0.6 is 15.9 Å². The fourth-order valence-electron chi connectivity index (χ4n) is 4.80. The summed E-state index contributed by atoms with van der Waals surface area (Å²) in [5.74, 6) is 0.191. The molecule has 2 aliphatic rings. The van der Waals surface area contributed by atoms with Crippen LogP contribution in [-0.4, -0.2) is 53.8 Å². The van der Waals surface area contributed by atoms with Crippen LogP contribution < -0.4 is 5.32 Å². The van der Waals surface area contributed by atoms with Crippen molar-refractivity contribution in [1.82, 2.24) is 15.1 Å². The van der Waals surface area contributed by atoms with Crippen LogP contribution in [-0.2, 0) is 11.3 Å². The summed E-state index contributed by atoms with van der Waals surface area (Å²) in [4.78, 5) is 29.9. The molecule has 2 aromatic carbocycles. The molecule has 6 heteroatoms. The van der Waals surface area contributed by atoms with Gasteiger partial charge < -0.3 is 10.2 Å². The second-order valence-electron chi connectivity index (χ2n) is 8.92. The second-order valence-corrected chi connectivity index (χ2v) is 9.84. The van der Waals surface area contributed by atoms with Crippen molar-refractivity contribution in [2.24, 2.45) is 5.92 Å². The summed E-state index contributed by atoms with van der Waals surface area (Å²) in [6.07, 6.45) is 5.04. The molecule has 2 fully saturated rings. The van der Waals surface area contributed by atoms with E-state index < -0.39 is 0 Å². The molecule has 0 bridgehead atoms. The van der Waals surface area contributed by atoms with Crippen LogP contribution in [0, 0.1) is 5.92 Å². The number of rotatable bonds is 6. The molecule has 170 valence electrons. The van der Waals surface area contributed by atoms with E-state index in [2.05, 4.69) is 56.5 Å². The molecular weight excluding hydrogens is 466 g/mol. The largest absolute Gasteiger partial charge is 0.354 e. The van der Waals surface area contributed by atoms with Crippen molar-refractivity contribution in [3.8, 4) is 0 Å². The standard InChI is InChI=1S/C26H32BrN3O2/c27-23-11-9-22(10-12-23)26(32)29-16-13-21(14-17-29)25(31)28-18-24-8-4-5-15-30(24)19-20-6-2-1-3-7-20/h1-3,6-7,9-12,21,24H,4-5,8,13-19H2,(H,28,31). The van der Waals surface area contributed by atoms with Crippen molar-refractivity contribution in [3.05, 3.63) is 70.2 Å². The molecule has 1 N–H and O–H groups in total. The van der Waals surface area contributed by atoms with Crippen molar-refractivity contribution in [2.45, 2.75) is 44.7 Å². The van der Waals surface area contributed by atoms with E-state index in [1.165, 1.54) is 18.4 Å². The number of likely N-dealkylation sites (tertiary alicyclic amines) is 2. The molecule has 2 amide bonds. The lowest BCUT2D eigenvalue weighted by atomic mass is 9.95. The number of carbonyl (C=O) groups excluding carboxylic acids is 2. The van der Waals surface area contributed by atoms with Gasteiger partial charge in [-0.1, -0.05) is 52.7 Å². The van der Waals surface area contributed by atoms with Gasteiger partial charge in [0, 0.05) is 48.2 Å². The topological polar surface area (TPSA) is 52.7 Å². The lowest BCUT2D eigenvalue weighted by Crippen LogP contribution is -2.48. The highest BCUT2D eigenvalue weighted by Crippen LogP contribution is 2.22. The minimum atomic E-state index is -0.00451. The fourth-order valence-corrected chi connectivity index (χ4v) is 5.06. The van der Waals surface area contributed by atoms with E-state index in [-0.39, 0.29) is 17.7 Å². The Morgan fingerprint density at radius 2 is 1.62 bits per heavy atom. The molecule has 4 rings (SSSR count). The van der Waals surface area contributed by atoms with Gasteiger partial charge in [0.2, 0.25) is 5.91 Å². The lowest BCUT2D eigenvalue weighted by molar-refractivity contribution is -0.126. The molecule has 0 aliphatic carbocycles. The summed E-state index contributed by atoms with van der Waals surface area (Å²) in [5.41, 5.74) is 2.03. The van der Waals surface area contributed by atoms with Crippen LogP contribution in [0.1, 0.15) is 48.0 Å². The summed E-state index contributed by atoms with van der Waals surface area (Å²) in [6, 6.07) is 18.4. The zero-order chi connectivity index (χ0) is 22.3. The van der Waals surface area contributed by atoms with Gasteiger partial charge in [0.1, 0.15) is 0 Å². The van der Waals surface area contributed by atoms with E-state index in [4.69, 9.17) is 0 Å². The maximum atomic E-state index is 12.9. The Morgan fingerprint density at radius 3 is 2.34 bits per heavy atom. The number of nitrogens with one attached hydrogen (secondary N) is 1. The van der Waals surface area contributed by atoms with Crippen LogP contribution in [0.15, 0.2) is 59.1 Å². The van der Waals surface area contributed by atoms with Gasteiger partial charge in [-0.25, -0.2) is 0 Å². The average molecular weight is 498 g/mol. The first kappa shape index (κ1) is 23.0. The Labute approximate surface area is 199 Å². The SMILES string of the molecule is O=C(NCC1CCCCN1Cc1ccccc1)C1CCN(C(=O)c2ccc(Br)cc2)CC1. The van der Waals surface area contributed by atoms with E-state index in [0.29, 0.717) is 31.2 Å².